The van der Waals surface area contributed by atoms with E-state index in [9.17, 15) is 48.7 Å². The van der Waals surface area contributed by atoms with Crippen molar-refractivity contribution in [1.82, 2.24) is 0 Å². The van der Waals surface area contributed by atoms with Gasteiger partial charge in [-0.25, -0.2) is 9.18 Å². The lowest BCUT2D eigenvalue weighted by Gasteiger charge is -2.33. The van der Waals surface area contributed by atoms with Crippen LogP contribution >= 0.6 is 0 Å². The predicted octanol–water partition coefficient (Wildman–Crippen LogP) is 4.65. The summed E-state index contributed by atoms with van der Waals surface area (Å²) in [7, 11) is 0. The van der Waals surface area contributed by atoms with Crippen LogP contribution in [0.1, 0.15) is 19.8 Å². The van der Waals surface area contributed by atoms with Gasteiger partial charge in [0, 0.05) is 12.0 Å². The van der Waals surface area contributed by atoms with Crippen molar-refractivity contribution in [2.45, 2.75) is 50.1 Å². The number of ether oxygens (including phenoxy) is 1. The molecule has 0 radical (unpaired) electrons. The van der Waals surface area contributed by atoms with Gasteiger partial charge in [0.2, 0.25) is 0 Å². The Morgan fingerprint density at radius 2 is 1.48 bits per heavy atom. The number of alkyl halides is 10. The molecule has 1 atom stereocenters. The zero-order valence-electron chi connectivity index (χ0n) is 11.3. The molecule has 0 aliphatic carbocycles. The first kappa shape index (κ1) is 21.5. The van der Waals surface area contributed by atoms with Crippen molar-refractivity contribution in [3.63, 3.8) is 0 Å². The molecule has 0 fully saturated rings. The van der Waals surface area contributed by atoms with Crippen LogP contribution in [0.5, 0.6) is 0 Å². The molecule has 0 amide bonds. The van der Waals surface area contributed by atoms with Crippen LogP contribution in [0.15, 0.2) is 12.2 Å². The van der Waals surface area contributed by atoms with E-state index in [1.54, 1.807) is 0 Å². The number of esters is 1. The van der Waals surface area contributed by atoms with Gasteiger partial charge in [-0.1, -0.05) is 6.58 Å². The molecule has 0 saturated heterocycles. The third-order valence-corrected chi connectivity index (χ3v) is 2.43. The normalized spacial score (nSPS) is 15.3. The predicted molar refractivity (Wildman–Crippen MR) is 55.9 cm³/mol. The summed E-state index contributed by atoms with van der Waals surface area (Å²) in [5, 5.41) is 0. The van der Waals surface area contributed by atoms with Crippen molar-refractivity contribution >= 4 is 5.97 Å². The number of hydrogen-bond donors (Lipinski definition) is 0. The summed E-state index contributed by atoms with van der Waals surface area (Å²) in [6, 6.07) is 0. The minimum absolute atomic E-state index is 0.732. The quantitative estimate of drug-likeness (QED) is 0.374. The Labute approximate surface area is 123 Å². The first-order chi connectivity index (χ1) is 9.96. The number of hydrogen-bond acceptors (Lipinski definition) is 2. The maximum absolute atomic E-state index is 13.1. The third kappa shape index (κ3) is 4.99. The Bertz CT molecular complexity index is 454. The third-order valence-electron chi connectivity index (χ3n) is 2.43. The molecule has 0 aliphatic rings. The van der Waals surface area contributed by atoms with Gasteiger partial charge >= 0.3 is 30.1 Å². The molecule has 23 heavy (non-hydrogen) atoms. The van der Waals surface area contributed by atoms with Crippen molar-refractivity contribution < 1.29 is 53.4 Å². The second-order valence-corrected chi connectivity index (χ2v) is 4.51. The fourth-order valence-electron chi connectivity index (χ4n) is 1.13. The smallest absolute Gasteiger partial charge is 0.393 e. The van der Waals surface area contributed by atoms with E-state index in [-0.39, 0.29) is 0 Å². The Hall–Kier alpha value is -1.49. The van der Waals surface area contributed by atoms with Crippen LogP contribution in [-0.4, -0.2) is 36.3 Å². The number of rotatable bonds is 7. The van der Waals surface area contributed by atoms with E-state index in [1.807, 2.05) is 0 Å². The largest absolute Gasteiger partial charge is 0.473 e. The topological polar surface area (TPSA) is 26.3 Å². The number of halogens is 10. The Morgan fingerprint density at radius 3 is 1.83 bits per heavy atom. The second-order valence-electron chi connectivity index (χ2n) is 4.51. The molecule has 136 valence electrons. The molecule has 0 aromatic carbocycles. The van der Waals surface area contributed by atoms with Gasteiger partial charge in [0.25, 0.3) is 0 Å². The van der Waals surface area contributed by atoms with Crippen molar-refractivity contribution in [2.75, 3.05) is 0 Å². The summed E-state index contributed by atoms with van der Waals surface area (Å²) in [4.78, 5) is 10.7. The fourth-order valence-corrected chi connectivity index (χ4v) is 1.13. The first-order valence-electron chi connectivity index (χ1n) is 5.69. The molecular weight excluding hydrogens is 354 g/mol. The van der Waals surface area contributed by atoms with Gasteiger partial charge in [0.1, 0.15) is 0 Å². The van der Waals surface area contributed by atoms with Crippen LogP contribution in [0.2, 0.25) is 0 Å². The summed E-state index contributed by atoms with van der Waals surface area (Å²) in [6.07, 6.45) is -20.0. The SMILES string of the molecule is C=C(C)C(=O)OC(F)(F)C(F)(F)C(F)(F)C(F)CCC(F)(F)F. The number of carbonyl (C=O) groups excluding carboxylic acids is 1. The van der Waals surface area contributed by atoms with Gasteiger partial charge < -0.3 is 4.74 Å². The van der Waals surface area contributed by atoms with E-state index in [2.05, 4.69) is 11.3 Å². The highest BCUT2D eigenvalue weighted by molar-refractivity contribution is 5.87. The Morgan fingerprint density at radius 1 is 1.04 bits per heavy atom. The molecule has 2 nitrogen and oxygen atoms in total. The van der Waals surface area contributed by atoms with Crippen molar-refractivity contribution in [1.29, 1.82) is 0 Å². The molecular formula is C11H10F10O2. The zero-order valence-corrected chi connectivity index (χ0v) is 11.3. The lowest BCUT2D eigenvalue weighted by Crippen LogP contribution is -2.60. The maximum Gasteiger partial charge on any atom is 0.473 e. The average Bonchev–Trinajstić information content (AvgIpc) is 2.33. The van der Waals surface area contributed by atoms with Gasteiger partial charge in [-0.2, -0.15) is 39.5 Å². The highest BCUT2D eigenvalue weighted by atomic mass is 19.4. The molecule has 0 aromatic heterocycles. The van der Waals surface area contributed by atoms with E-state index in [0.717, 1.165) is 6.92 Å². The van der Waals surface area contributed by atoms with E-state index < -0.39 is 54.7 Å². The summed E-state index contributed by atoms with van der Waals surface area (Å²) in [5.74, 6) is -15.0. The van der Waals surface area contributed by atoms with Gasteiger partial charge in [0.15, 0.2) is 6.17 Å². The van der Waals surface area contributed by atoms with Crippen molar-refractivity contribution in [3.8, 4) is 0 Å². The van der Waals surface area contributed by atoms with E-state index >= 15 is 0 Å². The van der Waals surface area contributed by atoms with Crippen LogP contribution < -0.4 is 0 Å². The van der Waals surface area contributed by atoms with Gasteiger partial charge in [-0.05, 0) is 13.3 Å². The van der Waals surface area contributed by atoms with Crippen molar-refractivity contribution in [2.24, 2.45) is 0 Å². The van der Waals surface area contributed by atoms with E-state index in [1.165, 1.54) is 0 Å². The fraction of sp³-hybridized carbons (Fsp3) is 0.727. The minimum Gasteiger partial charge on any atom is -0.393 e. The van der Waals surface area contributed by atoms with Crippen LogP contribution in [0, 0.1) is 0 Å². The zero-order chi connectivity index (χ0) is 18.9. The average molecular weight is 364 g/mol. The summed E-state index contributed by atoms with van der Waals surface area (Å²) >= 11 is 0. The summed E-state index contributed by atoms with van der Waals surface area (Å²) < 4.78 is 130. The molecule has 1 unspecified atom stereocenters. The standard InChI is InChI=1S/C11H10F10O2/c1-5(2)7(22)23-11(20,21)10(18,19)9(16,17)6(12)3-4-8(13,14)15/h6H,1,3-4H2,2H3. The summed E-state index contributed by atoms with van der Waals surface area (Å²) in [5.41, 5.74) is -0.849. The summed E-state index contributed by atoms with van der Waals surface area (Å²) in [6.45, 7) is 3.47. The molecule has 0 saturated carbocycles. The van der Waals surface area contributed by atoms with Gasteiger partial charge in [0.05, 0.1) is 0 Å². The van der Waals surface area contributed by atoms with Crippen LogP contribution in [0.4, 0.5) is 43.9 Å². The van der Waals surface area contributed by atoms with E-state index in [4.69, 9.17) is 0 Å². The molecule has 0 heterocycles. The van der Waals surface area contributed by atoms with Crippen molar-refractivity contribution in [3.05, 3.63) is 12.2 Å². The molecule has 0 bridgehead atoms. The molecule has 0 aliphatic heterocycles. The minimum atomic E-state index is -6.59. The van der Waals surface area contributed by atoms with Gasteiger partial charge in [-0.15, -0.1) is 0 Å². The lowest BCUT2D eigenvalue weighted by molar-refractivity contribution is -0.393. The molecule has 0 rings (SSSR count). The number of carbonyl (C=O) groups is 1. The molecule has 0 aromatic rings. The Kier molecular flexibility index (Phi) is 6.13. The second kappa shape index (κ2) is 6.56. The highest BCUT2D eigenvalue weighted by Gasteiger charge is 2.77. The van der Waals surface area contributed by atoms with Gasteiger partial charge in [-0.3, -0.25) is 0 Å². The maximum atomic E-state index is 13.1. The first-order valence-corrected chi connectivity index (χ1v) is 5.69. The molecule has 0 N–H and O–H groups in total. The van der Waals surface area contributed by atoms with Crippen LogP contribution in [0.3, 0.4) is 0 Å². The van der Waals surface area contributed by atoms with Crippen LogP contribution in [0.25, 0.3) is 0 Å². The van der Waals surface area contributed by atoms with E-state index in [0.29, 0.717) is 0 Å². The highest BCUT2D eigenvalue weighted by Crippen LogP contribution is 2.50. The molecule has 0 spiro atoms. The Balaban J connectivity index is 5.34. The van der Waals surface area contributed by atoms with Crippen LogP contribution in [-0.2, 0) is 9.53 Å². The molecule has 12 heteroatoms. The monoisotopic (exact) mass is 364 g/mol. The lowest BCUT2D eigenvalue weighted by atomic mass is 10.0.